The average Bonchev–Trinajstić information content (AvgIpc) is 2.35. The van der Waals surface area contributed by atoms with E-state index in [-0.39, 0.29) is 21.7 Å². The predicted octanol–water partition coefficient (Wildman–Crippen LogP) is 5.15. The molecule has 94 valence electrons. The lowest BCUT2D eigenvalue weighted by Gasteiger charge is -2.05. The van der Waals surface area contributed by atoms with Crippen LogP contribution in [0.5, 0.6) is 0 Å². The minimum absolute atomic E-state index is 0.0620. The van der Waals surface area contributed by atoms with E-state index in [2.05, 4.69) is 25.9 Å². The van der Waals surface area contributed by atoms with Crippen LogP contribution in [0.2, 0.25) is 10.3 Å². The molecule has 0 N–H and O–H groups in total. The number of hydrogen-bond acceptors (Lipinski definition) is 2. The summed E-state index contributed by atoms with van der Waals surface area (Å²) in [4.78, 5) is 8.03. The number of benzene rings is 1. The summed E-state index contributed by atoms with van der Waals surface area (Å²) < 4.78 is 25.2. The van der Waals surface area contributed by atoms with Crippen molar-refractivity contribution in [1.29, 1.82) is 0 Å². The number of aromatic nitrogens is 2. The Morgan fingerprint density at radius 3 is 1.94 bits per heavy atom. The fourth-order valence-electron chi connectivity index (χ4n) is 1.30. The summed E-state index contributed by atoms with van der Waals surface area (Å²) in [6.07, 6.45) is -2.50. The van der Waals surface area contributed by atoms with Gasteiger partial charge < -0.3 is 0 Å². The van der Waals surface area contributed by atoms with Crippen LogP contribution in [0.4, 0.5) is 8.78 Å². The Morgan fingerprint density at radius 2 is 1.50 bits per heavy atom. The third-order valence-electron chi connectivity index (χ3n) is 2.19. The molecule has 1 aromatic carbocycles. The summed E-state index contributed by atoms with van der Waals surface area (Å²) in [5, 5.41) is 0.339. The molecule has 2 aromatic rings. The van der Waals surface area contributed by atoms with E-state index in [1.54, 1.807) is 0 Å². The maximum absolute atomic E-state index is 12.4. The van der Waals surface area contributed by atoms with Crippen molar-refractivity contribution < 1.29 is 8.78 Å². The van der Waals surface area contributed by atoms with Gasteiger partial charge in [-0.05, 0) is 15.9 Å². The molecule has 0 amide bonds. The molecule has 1 heterocycles. The number of halogens is 5. The number of rotatable bonds is 2. The fourth-order valence-corrected chi connectivity index (χ4v) is 1.87. The zero-order valence-electron chi connectivity index (χ0n) is 8.67. The van der Waals surface area contributed by atoms with E-state index < -0.39 is 6.43 Å². The smallest absolute Gasteiger partial charge is 0.215 e. The summed E-state index contributed by atoms with van der Waals surface area (Å²) in [6, 6.07) is 5.62. The molecule has 0 aliphatic rings. The molecule has 1 aromatic heterocycles. The second-order valence-electron chi connectivity index (χ2n) is 3.37. The Labute approximate surface area is 120 Å². The molecule has 0 fully saturated rings. The average molecular weight is 354 g/mol. The molecular formula is C11H5BrCl2F2N2. The van der Waals surface area contributed by atoms with E-state index in [0.717, 1.165) is 0 Å². The van der Waals surface area contributed by atoms with E-state index in [0.29, 0.717) is 10.0 Å². The number of hydrogen-bond donors (Lipinski definition) is 0. The van der Waals surface area contributed by atoms with Crippen molar-refractivity contribution in [3.63, 3.8) is 0 Å². The van der Waals surface area contributed by atoms with Gasteiger partial charge in [0.1, 0.15) is 10.3 Å². The van der Waals surface area contributed by atoms with E-state index in [4.69, 9.17) is 23.2 Å². The topological polar surface area (TPSA) is 25.8 Å². The van der Waals surface area contributed by atoms with Crippen LogP contribution in [0.3, 0.4) is 0 Å². The van der Waals surface area contributed by atoms with Crippen LogP contribution in [-0.4, -0.2) is 9.97 Å². The SMILES string of the molecule is FC(F)c1ccc(-c2nc(Cl)c(Br)c(Cl)n2)cc1. The molecule has 0 saturated heterocycles. The van der Waals surface area contributed by atoms with Crippen LogP contribution in [0.15, 0.2) is 28.7 Å². The summed E-state index contributed by atoms with van der Waals surface area (Å²) in [5.74, 6) is 0.286. The largest absolute Gasteiger partial charge is 0.263 e. The lowest BCUT2D eigenvalue weighted by molar-refractivity contribution is 0.151. The van der Waals surface area contributed by atoms with Gasteiger partial charge in [-0.3, -0.25) is 0 Å². The molecule has 0 saturated carbocycles. The molecule has 7 heteroatoms. The van der Waals surface area contributed by atoms with E-state index in [9.17, 15) is 8.78 Å². The third-order valence-corrected chi connectivity index (χ3v) is 3.95. The van der Waals surface area contributed by atoms with Crippen LogP contribution in [0.1, 0.15) is 12.0 Å². The summed E-state index contributed by atoms with van der Waals surface area (Å²) in [7, 11) is 0. The molecule has 0 bridgehead atoms. The molecule has 0 radical (unpaired) electrons. The molecule has 0 aliphatic heterocycles. The Morgan fingerprint density at radius 1 is 1.00 bits per heavy atom. The van der Waals surface area contributed by atoms with Gasteiger partial charge in [0.15, 0.2) is 5.82 Å². The molecule has 2 rings (SSSR count). The molecule has 0 aliphatic carbocycles. The Kier molecular flexibility index (Phi) is 4.14. The summed E-state index contributed by atoms with van der Waals surface area (Å²) in [5.41, 5.74) is 0.503. The van der Waals surface area contributed by atoms with Crippen molar-refractivity contribution in [3.05, 3.63) is 44.6 Å². The fraction of sp³-hybridized carbons (Fsp3) is 0.0909. The van der Waals surface area contributed by atoms with Crippen LogP contribution in [0, 0.1) is 0 Å². The van der Waals surface area contributed by atoms with Crippen LogP contribution in [0.25, 0.3) is 11.4 Å². The minimum atomic E-state index is -2.50. The van der Waals surface area contributed by atoms with Gasteiger partial charge in [0.2, 0.25) is 0 Å². The van der Waals surface area contributed by atoms with Gasteiger partial charge in [-0.25, -0.2) is 18.7 Å². The van der Waals surface area contributed by atoms with E-state index in [1.807, 2.05) is 0 Å². The van der Waals surface area contributed by atoms with Crippen molar-refractivity contribution in [2.45, 2.75) is 6.43 Å². The highest BCUT2D eigenvalue weighted by Crippen LogP contribution is 2.30. The van der Waals surface area contributed by atoms with Crippen LogP contribution in [-0.2, 0) is 0 Å². The highest BCUT2D eigenvalue weighted by Gasteiger charge is 2.12. The van der Waals surface area contributed by atoms with Crippen molar-refractivity contribution in [2.24, 2.45) is 0 Å². The Hall–Kier alpha value is -0.780. The van der Waals surface area contributed by atoms with Crippen molar-refractivity contribution in [1.82, 2.24) is 9.97 Å². The normalized spacial score (nSPS) is 11.0. The third kappa shape index (κ3) is 2.79. The van der Waals surface area contributed by atoms with Crippen molar-refractivity contribution in [3.8, 4) is 11.4 Å². The number of alkyl halides is 2. The zero-order valence-corrected chi connectivity index (χ0v) is 11.8. The highest BCUT2D eigenvalue weighted by molar-refractivity contribution is 9.10. The zero-order chi connectivity index (χ0) is 13.3. The monoisotopic (exact) mass is 352 g/mol. The Bertz CT molecular complexity index is 553. The summed E-state index contributed by atoms with van der Waals surface area (Å²) in [6.45, 7) is 0. The minimum Gasteiger partial charge on any atom is -0.215 e. The number of nitrogens with zero attached hydrogens (tertiary/aromatic N) is 2. The van der Waals surface area contributed by atoms with Crippen molar-refractivity contribution >= 4 is 39.1 Å². The first-order valence-corrected chi connectivity index (χ1v) is 6.31. The predicted molar refractivity (Wildman–Crippen MR) is 70.1 cm³/mol. The Balaban J connectivity index is 2.43. The van der Waals surface area contributed by atoms with Crippen molar-refractivity contribution in [2.75, 3.05) is 0 Å². The van der Waals surface area contributed by atoms with Gasteiger partial charge in [-0.2, -0.15) is 0 Å². The lowest BCUT2D eigenvalue weighted by atomic mass is 10.1. The van der Waals surface area contributed by atoms with Gasteiger partial charge in [-0.1, -0.05) is 47.5 Å². The van der Waals surface area contributed by atoms with Crippen LogP contribution >= 0.6 is 39.1 Å². The molecule has 0 spiro atoms. The lowest BCUT2D eigenvalue weighted by Crippen LogP contribution is -1.92. The molecular weight excluding hydrogens is 349 g/mol. The molecule has 0 atom stereocenters. The molecule has 0 unspecified atom stereocenters. The standard InChI is InChI=1S/C11H5BrCl2F2N2/c12-7-8(13)17-11(18-9(7)14)6-3-1-5(2-4-6)10(15)16/h1-4,10H. The van der Waals surface area contributed by atoms with E-state index in [1.165, 1.54) is 24.3 Å². The maximum atomic E-state index is 12.4. The first kappa shape index (κ1) is 13.6. The van der Waals surface area contributed by atoms with Crippen LogP contribution < -0.4 is 0 Å². The first-order valence-electron chi connectivity index (χ1n) is 4.76. The quantitative estimate of drug-likeness (QED) is 0.697. The van der Waals surface area contributed by atoms with Gasteiger partial charge in [0.05, 0.1) is 4.47 Å². The maximum Gasteiger partial charge on any atom is 0.263 e. The first-order chi connectivity index (χ1) is 8.49. The summed E-state index contributed by atoms with van der Waals surface area (Å²) >= 11 is 14.8. The highest BCUT2D eigenvalue weighted by atomic mass is 79.9. The van der Waals surface area contributed by atoms with Gasteiger partial charge >= 0.3 is 0 Å². The second kappa shape index (κ2) is 5.47. The van der Waals surface area contributed by atoms with Gasteiger partial charge in [0.25, 0.3) is 6.43 Å². The molecule has 2 nitrogen and oxygen atoms in total. The van der Waals surface area contributed by atoms with Gasteiger partial charge in [0, 0.05) is 11.1 Å². The van der Waals surface area contributed by atoms with E-state index >= 15 is 0 Å². The second-order valence-corrected chi connectivity index (χ2v) is 4.87. The van der Waals surface area contributed by atoms with Gasteiger partial charge in [-0.15, -0.1) is 0 Å². The molecule has 18 heavy (non-hydrogen) atoms.